The van der Waals surface area contributed by atoms with Crippen LogP contribution >= 0.6 is 0 Å². The summed E-state index contributed by atoms with van der Waals surface area (Å²) in [5.74, 6) is 0. The Morgan fingerprint density at radius 3 is 2.59 bits per heavy atom. The van der Waals surface area contributed by atoms with Gasteiger partial charge in [0.05, 0.1) is 5.54 Å². The maximum absolute atomic E-state index is 10.7. The molecule has 1 aromatic carbocycles. The molecule has 2 nitrogen and oxygen atoms in total. The molecule has 0 spiro atoms. The standard InChI is InChI=1S/C15H17NO/c17-11-16-15(8-1-2-9-15)14-7-6-12-4-3-5-13(12)10-14/h6-7,10H,1-5,8-9H2. The summed E-state index contributed by atoms with van der Waals surface area (Å²) in [7, 11) is 0. The van der Waals surface area contributed by atoms with Crippen molar-refractivity contribution in [2.75, 3.05) is 0 Å². The lowest BCUT2D eigenvalue weighted by Crippen LogP contribution is -2.19. The quantitative estimate of drug-likeness (QED) is 0.563. The summed E-state index contributed by atoms with van der Waals surface area (Å²) in [6.07, 6.45) is 9.79. The van der Waals surface area contributed by atoms with Crippen molar-refractivity contribution in [1.29, 1.82) is 0 Å². The Morgan fingerprint density at radius 2 is 1.82 bits per heavy atom. The van der Waals surface area contributed by atoms with Gasteiger partial charge in [-0.3, -0.25) is 0 Å². The van der Waals surface area contributed by atoms with Crippen LogP contribution in [0.2, 0.25) is 0 Å². The zero-order valence-electron chi connectivity index (χ0n) is 10.0. The average Bonchev–Trinajstić information content (AvgIpc) is 2.96. The summed E-state index contributed by atoms with van der Waals surface area (Å²) in [6.45, 7) is 0. The highest BCUT2D eigenvalue weighted by Crippen LogP contribution is 2.43. The second-order valence-corrected chi connectivity index (χ2v) is 5.28. The lowest BCUT2D eigenvalue weighted by Gasteiger charge is -2.23. The summed E-state index contributed by atoms with van der Waals surface area (Å²) in [5.41, 5.74) is 3.94. The molecule has 0 N–H and O–H groups in total. The van der Waals surface area contributed by atoms with Gasteiger partial charge in [-0.05, 0) is 48.8 Å². The lowest BCUT2D eigenvalue weighted by atomic mass is 9.87. The maximum atomic E-state index is 10.7. The van der Waals surface area contributed by atoms with Crippen LogP contribution in [0, 0.1) is 0 Å². The molecule has 0 saturated heterocycles. The first kappa shape index (κ1) is 10.7. The predicted molar refractivity (Wildman–Crippen MR) is 66.7 cm³/mol. The van der Waals surface area contributed by atoms with E-state index in [-0.39, 0.29) is 5.54 Å². The largest absolute Gasteiger partial charge is 0.235 e. The first-order valence-corrected chi connectivity index (χ1v) is 6.55. The molecule has 0 bridgehead atoms. The monoisotopic (exact) mass is 227 g/mol. The highest BCUT2D eigenvalue weighted by atomic mass is 16.1. The van der Waals surface area contributed by atoms with E-state index in [9.17, 15) is 4.79 Å². The molecule has 88 valence electrons. The van der Waals surface area contributed by atoms with E-state index in [2.05, 4.69) is 23.2 Å². The van der Waals surface area contributed by atoms with Crippen molar-refractivity contribution in [2.45, 2.75) is 50.5 Å². The van der Waals surface area contributed by atoms with Gasteiger partial charge in [0, 0.05) is 0 Å². The van der Waals surface area contributed by atoms with E-state index in [1.807, 2.05) is 0 Å². The van der Waals surface area contributed by atoms with Crippen molar-refractivity contribution in [1.82, 2.24) is 0 Å². The Morgan fingerprint density at radius 1 is 1.06 bits per heavy atom. The molecule has 0 amide bonds. The number of carbonyl (C=O) groups excluding carboxylic acids is 1. The number of benzene rings is 1. The van der Waals surface area contributed by atoms with E-state index in [0.29, 0.717) is 0 Å². The van der Waals surface area contributed by atoms with Crippen LogP contribution in [-0.4, -0.2) is 6.08 Å². The predicted octanol–water partition coefficient (Wildman–Crippen LogP) is 3.28. The van der Waals surface area contributed by atoms with Crippen molar-refractivity contribution in [3.05, 3.63) is 34.9 Å². The zero-order valence-corrected chi connectivity index (χ0v) is 10.0. The van der Waals surface area contributed by atoms with Crippen LogP contribution in [0.5, 0.6) is 0 Å². The van der Waals surface area contributed by atoms with Crippen molar-refractivity contribution in [2.24, 2.45) is 4.99 Å². The Hall–Kier alpha value is -1.40. The number of rotatable bonds is 2. The van der Waals surface area contributed by atoms with E-state index in [1.54, 1.807) is 6.08 Å². The molecule has 0 atom stereocenters. The number of fused-ring (bicyclic) bond motifs is 1. The minimum absolute atomic E-state index is 0.251. The molecule has 0 heterocycles. The Balaban J connectivity index is 2.04. The molecule has 17 heavy (non-hydrogen) atoms. The van der Waals surface area contributed by atoms with E-state index in [1.165, 1.54) is 48.8 Å². The zero-order chi connectivity index (χ0) is 11.7. The third-order valence-electron chi connectivity index (χ3n) is 4.33. The minimum atomic E-state index is -0.251. The first-order valence-electron chi connectivity index (χ1n) is 6.55. The Bertz CT molecular complexity index is 480. The van der Waals surface area contributed by atoms with Gasteiger partial charge >= 0.3 is 0 Å². The van der Waals surface area contributed by atoms with Gasteiger partial charge in [0.1, 0.15) is 0 Å². The van der Waals surface area contributed by atoms with Gasteiger partial charge in [-0.1, -0.05) is 31.0 Å². The number of isocyanates is 1. The van der Waals surface area contributed by atoms with Crippen LogP contribution in [-0.2, 0) is 23.2 Å². The van der Waals surface area contributed by atoms with Crippen molar-refractivity contribution in [3.8, 4) is 0 Å². The smallest absolute Gasteiger partial charge is 0.211 e. The lowest BCUT2D eigenvalue weighted by molar-refractivity contribution is 0.455. The fourth-order valence-corrected chi connectivity index (χ4v) is 3.37. The SMILES string of the molecule is O=C=NC1(c2ccc3c(c2)CCC3)CCCC1. The molecule has 2 aliphatic rings. The number of nitrogens with zero attached hydrogens (tertiary/aromatic N) is 1. The van der Waals surface area contributed by atoms with E-state index < -0.39 is 0 Å². The highest BCUT2D eigenvalue weighted by Gasteiger charge is 2.36. The Kier molecular flexibility index (Phi) is 2.60. The van der Waals surface area contributed by atoms with Crippen LogP contribution in [0.1, 0.15) is 48.8 Å². The van der Waals surface area contributed by atoms with Gasteiger partial charge in [-0.15, -0.1) is 0 Å². The average molecular weight is 227 g/mol. The first-order chi connectivity index (χ1) is 8.34. The van der Waals surface area contributed by atoms with Crippen molar-refractivity contribution in [3.63, 3.8) is 0 Å². The molecular formula is C15H17NO. The fraction of sp³-hybridized carbons (Fsp3) is 0.533. The van der Waals surface area contributed by atoms with Gasteiger partial charge in [0.25, 0.3) is 0 Å². The van der Waals surface area contributed by atoms with Crippen LogP contribution in [0.25, 0.3) is 0 Å². The molecule has 2 aliphatic carbocycles. The third kappa shape index (κ3) is 1.73. The van der Waals surface area contributed by atoms with Gasteiger partial charge in [0.2, 0.25) is 6.08 Å². The summed E-state index contributed by atoms with van der Waals surface area (Å²) in [5, 5.41) is 0. The molecule has 1 saturated carbocycles. The topological polar surface area (TPSA) is 29.4 Å². The van der Waals surface area contributed by atoms with Crippen LogP contribution in [0.4, 0.5) is 0 Å². The molecule has 0 aromatic heterocycles. The third-order valence-corrected chi connectivity index (χ3v) is 4.33. The van der Waals surface area contributed by atoms with Crippen LogP contribution in [0.3, 0.4) is 0 Å². The molecule has 0 radical (unpaired) electrons. The van der Waals surface area contributed by atoms with Gasteiger partial charge in [-0.2, -0.15) is 4.99 Å². The van der Waals surface area contributed by atoms with Crippen LogP contribution < -0.4 is 0 Å². The van der Waals surface area contributed by atoms with Crippen LogP contribution in [0.15, 0.2) is 23.2 Å². The van der Waals surface area contributed by atoms with Crippen molar-refractivity contribution >= 4 is 6.08 Å². The van der Waals surface area contributed by atoms with E-state index in [0.717, 1.165) is 12.8 Å². The molecular weight excluding hydrogens is 210 g/mol. The van der Waals surface area contributed by atoms with Gasteiger partial charge < -0.3 is 0 Å². The number of aliphatic imine (C=N–C) groups is 1. The minimum Gasteiger partial charge on any atom is -0.211 e. The second kappa shape index (κ2) is 4.12. The summed E-state index contributed by atoms with van der Waals surface area (Å²) >= 11 is 0. The summed E-state index contributed by atoms with van der Waals surface area (Å²) in [6, 6.07) is 6.70. The summed E-state index contributed by atoms with van der Waals surface area (Å²) < 4.78 is 0. The number of hydrogen-bond acceptors (Lipinski definition) is 2. The van der Waals surface area contributed by atoms with E-state index >= 15 is 0 Å². The fourth-order valence-electron chi connectivity index (χ4n) is 3.37. The molecule has 0 unspecified atom stereocenters. The molecule has 1 fully saturated rings. The summed E-state index contributed by atoms with van der Waals surface area (Å²) in [4.78, 5) is 14.8. The molecule has 2 heteroatoms. The van der Waals surface area contributed by atoms with Gasteiger partial charge in [0.15, 0.2) is 0 Å². The molecule has 1 aromatic rings. The second-order valence-electron chi connectivity index (χ2n) is 5.28. The maximum Gasteiger partial charge on any atom is 0.235 e. The highest BCUT2D eigenvalue weighted by molar-refractivity contribution is 5.42. The number of aryl methyl sites for hydroxylation is 2. The molecule has 3 rings (SSSR count). The molecule has 0 aliphatic heterocycles. The van der Waals surface area contributed by atoms with Gasteiger partial charge in [-0.25, -0.2) is 4.79 Å². The van der Waals surface area contributed by atoms with Crippen molar-refractivity contribution < 1.29 is 4.79 Å². The van der Waals surface area contributed by atoms with E-state index in [4.69, 9.17) is 0 Å². The number of hydrogen-bond donors (Lipinski definition) is 0. The normalized spacial score (nSPS) is 20.9. The Labute approximate surface area is 102 Å².